The van der Waals surface area contributed by atoms with E-state index in [4.69, 9.17) is 11.6 Å². The fourth-order valence-corrected chi connectivity index (χ4v) is 2.27. The zero-order valence-electron chi connectivity index (χ0n) is 8.33. The van der Waals surface area contributed by atoms with Gasteiger partial charge in [0.25, 0.3) is 0 Å². The van der Waals surface area contributed by atoms with E-state index in [0.29, 0.717) is 17.3 Å². The predicted octanol–water partition coefficient (Wildman–Crippen LogP) is 1.30. The molecule has 0 atom stereocenters. The number of benzene rings is 1. The molecule has 1 aromatic carbocycles. The van der Waals surface area contributed by atoms with Crippen LogP contribution in [0.1, 0.15) is 0 Å². The molecule has 4 nitrogen and oxygen atoms in total. The smallest absolute Gasteiger partial charge is 0.233 e. The van der Waals surface area contributed by atoms with Gasteiger partial charge in [-0.25, -0.2) is 8.42 Å². The highest BCUT2D eigenvalue weighted by Gasteiger charge is 2.09. The van der Waals surface area contributed by atoms with Gasteiger partial charge in [-0.05, 0) is 25.2 Å². The van der Waals surface area contributed by atoms with Gasteiger partial charge in [0, 0.05) is 17.3 Å². The summed E-state index contributed by atoms with van der Waals surface area (Å²) < 4.78 is 25.4. The number of sulfonamides is 1. The normalized spacial score (nSPS) is 11.3. The molecule has 0 aliphatic rings. The van der Waals surface area contributed by atoms with Crippen LogP contribution in [-0.2, 0) is 10.0 Å². The Balaban J connectivity index is 2.69. The summed E-state index contributed by atoms with van der Waals surface area (Å²) in [5.74, 6) is 0.0377. The van der Waals surface area contributed by atoms with Gasteiger partial charge in [0.2, 0.25) is 10.0 Å². The summed E-state index contributed by atoms with van der Waals surface area (Å²) in [6.07, 6.45) is 0. The number of hydrogen-bond acceptors (Lipinski definition) is 3. The first kappa shape index (κ1) is 12.3. The topological polar surface area (TPSA) is 58.2 Å². The molecular weight excluding hydrogens is 236 g/mol. The van der Waals surface area contributed by atoms with Crippen molar-refractivity contribution in [3.8, 4) is 0 Å². The number of anilines is 1. The molecule has 0 aliphatic carbocycles. The van der Waals surface area contributed by atoms with E-state index in [1.165, 1.54) is 0 Å². The van der Waals surface area contributed by atoms with Crippen molar-refractivity contribution in [2.24, 2.45) is 0 Å². The second kappa shape index (κ2) is 5.34. The van der Waals surface area contributed by atoms with Crippen molar-refractivity contribution in [3.63, 3.8) is 0 Å². The zero-order chi connectivity index (χ0) is 11.3. The number of hydrogen-bond donors (Lipinski definition) is 2. The Hall–Kier alpha value is -0.780. The Morgan fingerprint density at radius 3 is 2.73 bits per heavy atom. The van der Waals surface area contributed by atoms with Crippen LogP contribution in [0.2, 0.25) is 5.02 Å². The van der Waals surface area contributed by atoms with Crippen LogP contribution < -0.4 is 10.0 Å². The van der Waals surface area contributed by atoms with E-state index in [9.17, 15) is 8.42 Å². The molecule has 15 heavy (non-hydrogen) atoms. The molecule has 0 bridgehead atoms. The maximum absolute atomic E-state index is 11.5. The monoisotopic (exact) mass is 248 g/mol. The lowest BCUT2D eigenvalue weighted by atomic mass is 10.3. The first-order chi connectivity index (χ1) is 7.03. The Bertz CT molecular complexity index is 420. The molecular formula is C9H13ClN2O2S. The van der Waals surface area contributed by atoms with E-state index in [2.05, 4.69) is 10.0 Å². The summed E-state index contributed by atoms with van der Waals surface area (Å²) >= 11 is 5.73. The molecule has 0 heterocycles. The zero-order valence-corrected chi connectivity index (χ0v) is 9.90. The molecule has 6 heteroatoms. The maximum Gasteiger partial charge on any atom is 0.233 e. The molecule has 0 fully saturated rings. The Morgan fingerprint density at radius 2 is 2.13 bits per heavy atom. The number of nitrogens with one attached hydrogen (secondary N) is 2. The van der Waals surface area contributed by atoms with Crippen molar-refractivity contribution in [1.29, 1.82) is 0 Å². The number of rotatable bonds is 5. The molecule has 0 amide bonds. The fraction of sp³-hybridized carbons (Fsp3) is 0.333. The average Bonchev–Trinajstić information content (AvgIpc) is 2.14. The first-order valence-corrected chi connectivity index (χ1v) is 6.47. The quantitative estimate of drug-likeness (QED) is 0.826. The molecule has 2 N–H and O–H groups in total. The van der Waals surface area contributed by atoms with Crippen LogP contribution in [-0.4, -0.2) is 27.8 Å². The Labute approximate surface area is 94.7 Å². The molecule has 0 saturated heterocycles. The second-order valence-electron chi connectivity index (χ2n) is 3.03. The SMILES string of the molecule is CNCCS(=O)(=O)Nc1cccc(Cl)c1. The highest BCUT2D eigenvalue weighted by atomic mass is 35.5. The van der Waals surface area contributed by atoms with E-state index in [-0.39, 0.29) is 5.75 Å². The summed E-state index contributed by atoms with van der Waals surface area (Å²) in [7, 11) is -1.58. The van der Waals surface area contributed by atoms with Crippen LogP contribution in [0.3, 0.4) is 0 Å². The largest absolute Gasteiger partial charge is 0.319 e. The summed E-state index contributed by atoms with van der Waals surface area (Å²) in [6.45, 7) is 0.413. The van der Waals surface area contributed by atoms with Crippen molar-refractivity contribution < 1.29 is 8.42 Å². The lowest BCUT2D eigenvalue weighted by molar-refractivity contribution is 0.599. The van der Waals surface area contributed by atoms with Gasteiger partial charge in [-0.15, -0.1) is 0 Å². The summed E-state index contributed by atoms with van der Waals surface area (Å²) in [5.41, 5.74) is 0.485. The van der Waals surface area contributed by atoms with Crippen LogP contribution >= 0.6 is 11.6 Å². The summed E-state index contributed by atoms with van der Waals surface area (Å²) in [4.78, 5) is 0. The molecule has 0 aliphatic heterocycles. The molecule has 0 aromatic heterocycles. The van der Waals surface area contributed by atoms with Gasteiger partial charge in [0.15, 0.2) is 0 Å². The van der Waals surface area contributed by atoms with Gasteiger partial charge < -0.3 is 5.32 Å². The van der Waals surface area contributed by atoms with E-state index >= 15 is 0 Å². The van der Waals surface area contributed by atoms with Crippen molar-refractivity contribution in [2.45, 2.75) is 0 Å². The summed E-state index contributed by atoms with van der Waals surface area (Å²) in [5, 5.41) is 3.28. The fourth-order valence-electron chi connectivity index (χ4n) is 1.02. The van der Waals surface area contributed by atoms with Gasteiger partial charge in [-0.1, -0.05) is 17.7 Å². The molecule has 0 radical (unpaired) electrons. The van der Waals surface area contributed by atoms with Crippen LogP contribution in [0.15, 0.2) is 24.3 Å². The van der Waals surface area contributed by atoms with Gasteiger partial charge in [-0.3, -0.25) is 4.72 Å². The van der Waals surface area contributed by atoms with Crippen LogP contribution in [0.25, 0.3) is 0 Å². The molecule has 0 saturated carbocycles. The van der Waals surface area contributed by atoms with E-state index in [1.807, 2.05) is 0 Å². The lowest BCUT2D eigenvalue weighted by Crippen LogP contribution is -2.24. The molecule has 0 unspecified atom stereocenters. The standard InChI is InChI=1S/C9H13ClN2O2S/c1-11-5-6-15(13,14)12-9-4-2-3-8(10)7-9/h2-4,7,11-12H,5-6H2,1H3. The molecule has 1 aromatic rings. The van der Waals surface area contributed by atoms with Gasteiger partial charge in [-0.2, -0.15) is 0 Å². The highest BCUT2D eigenvalue weighted by molar-refractivity contribution is 7.92. The average molecular weight is 249 g/mol. The Kier molecular flexibility index (Phi) is 4.38. The second-order valence-corrected chi connectivity index (χ2v) is 5.31. The molecule has 1 rings (SSSR count). The highest BCUT2D eigenvalue weighted by Crippen LogP contribution is 2.15. The summed E-state index contributed by atoms with van der Waals surface area (Å²) in [6, 6.07) is 6.60. The Morgan fingerprint density at radius 1 is 1.40 bits per heavy atom. The van der Waals surface area contributed by atoms with Crippen LogP contribution in [0.5, 0.6) is 0 Å². The third-order valence-corrected chi connectivity index (χ3v) is 3.24. The minimum absolute atomic E-state index is 0.0377. The van der Waals surface area contributed by atoms with Gasteiger partial charge >= 0.3 is 0 Å². The first-order valence-electron chi connectivity index (χ1n) is 4.44. The van der Waals surface area contributed by atoms with Gasteiger partial charge in [0.05, 0.1) is 5.75 Å². The molecule has 84 valence electrons. The lowest BCUT2D eigenvalue weighted by Gasteiger charge is -2.07. The van der Waals surface area contributed by atoms with Crippen molar-refractivity contribution in [3.05, 3.63) is 29.3 Å². The van der Waals surface area contributed by atoms with Crippen LogP contribution in [0, 0.1) is 0 Å². The minimum atomic E-state index is -3.28. The maximum atomic E-state index is 11.5. The van der Waals surface area contributed by atoms with E-state index in [1.54, 1.807) is 31.3 Å². The van der Waals surface area contributed by atoms with Crippen LogP contribution in [0.4, 0.5) is 5.69 Å². The third-order valence-electron chi connectivity index (χ3n) is 1.72. The number of halogens is 1. The van der Waals surface area contributed by atoms with E-state index in [0.717, 1.165) is 0 Å². The van der Waals surface area contributed by atoms with Crippen molar-refractivity contribution in [1.82, 2.24) is 5.32 Å². The van der Waals surface area contributed by atoms with E-state index < -0.39 is 10.0 Å². The van der Waals surface area contributed by atoms with Gasteiger partial charge in [0.1, 0.15) is 0 Å². The predicted molar refractivity (Wildman–Crippen MR) is 62.8 cm³/mol. The van der Waals surface area contributed by atoms with Crippen molar-refractivity contribution >= 4 is 27.3 Å². The van der Waals surface area contributed by atoms with Crippen molar-refractivity contribution in [2.75, 3.05) is 24.1 Å². The minimum Gasteiger partial charge on any atom is -0.319 e. The molecule has 0 spiro atoms. The third kappa shape index (κ3) is 4.51.